The number of carboxylic acid groups (broad SMARTS) is 1. The second-order valence-electron chi connectivity index (χ2n) is 3.62. The quantitative estimate of drug-likeness (QED) is 0.808. The molecule has 0 saturated heterocycles. The highest BCUT2D eigenvalue weighted by Crippen LogP contribution is 2.22. The number of nitrogens with zero attached hydrogens (tertiary/aromatic N) is 1. The van der Waals surface area contributed by atoms with Crippen molar-refractivity contribution in [1.29, 1.82) is 0 Å². The second-order valence-corrected chi connectivity index (χ2v) is 5.86. The first-order valence-electron chi connectivity index (χ1n) is 5.33. The fraction of sp³-hybridized carbons (Fsp3) is 0.182. The van der Waals surface area contributed by atoms with Gasteiger partial charge in [0.2, 0.25) is 0 Å². The molecule has 0 aromatic carbocycles. The Kier molecular flexibility index (Phi) is 4.13. The van der Waals surface area contributed by atoms with E-state index in [1.165, 1.54) is 28.7 Å². The van der Waals surface area contributed by atoms with Gasteiger partial charge >= 0.3 is 12.0 Å². The van der Waals surface area contributed by atoms with Crippen LogP contribution in [0.3, 0.4) is 0 Å². The molecular formula is C11H11N3O3S2. The topological polar surface area (TPSA) is 91.3 Å². The molecule has 0 saturated carbocycles. The van der Waals surface area contributed by atoms with Gasteiger partial charge < -0.3 is 10.4 Å². The number of carboxylic acids is 1. The molecule has 100 valence electrons. The van der Waals surface area contributed by atoms with Crippen LogP contribution in [0.5, 0.6) is 0 Å². The van der Waals surface area contributed by atoms with Crippen LogP contribution in [-0.2, 0) is 6.54 Å². The molecule has 2 amide bonds. The van der Waals surface area contributed by atoms with Crippen molar-refractivity contribution >= 4 is 39.7 Å². The number of hydrogen-bond donors (Lipinski definition) is 3. The highest BCUT2D eigenvalue weighted by atomic mass is 32.1. The summed E-state index contributed by atoms with van der Waals surface area (Å²) in [5.74, 6) is -1.06. The number of anilines is 1. The Morgan fingerprint density at radius 1 is 1.47 bits per heavy atom. The number of carbonyl (C=O) groups is 2. The van der Waals surface area contributed by atoms with Crippen LogP contribution in [-0.4, -0.2) is 22.1 Å². The minimum absolute atomic E-state index is 0.0915. The Balaban J connectivity index is 1.90. The summed E-state index contributed by atoms with van der Waals surface area (Å²) in [6, 6.07) is 1.02. The minimum atomic E-state index is -1.06. The smallest absolute Gasteiger partial charge is 0.338 e. The van der Waals surface area contributed by atoms with E-state index in [1.807, 2.05) is 6.92 Å². The summed E-state index contributed by atoms with van der Waals surface area (Å²) < 4.78 is 0. The largest absolute Gasteiger partial charge is 0.478 e. The van der Waals surface area contributed by atoms with Gasteiger partial charge in [-0.05, 0) is 18.4 Å². The van der Waals surface area contributed by atoms with Crippen molar-refractivity contribution in [3.05, 3.63) is 33.1 Å². The second kappa shape index (κ2) is 5.81. The number of hydrogen-bond acceptors (Lipinski definition) is 5. The molecular weight excluding hydrogens is 286 g/mol. The van der Waals surface area contributed by atoms with E-state index in [-0.39, 0.29) is 5.56 Å². The maximum absolute atomic E-state index is 11.6. The summed E-state index contributed by atoms with van der Waals surface area (Å²) in [7, 11) is 0. The number of aromatic nitrogens is 1. The Labute approximate surface area is 117 Å². The maximum atomic E-state index is 11.6. The monoisotopic (exact) mass is 297 g/mol. The molecule has 2 heterocycles. The lowest BCUT2D eigenvalue weighted by atomic mass is 10.3. The van der Waals surface area contributed by atoms with Gasteiger partial charge in [-0.15, -0.1) is 22.7 Å². The van der Waals surface area contributed by atoms with Gasteiger partial charge in [0.15, 0.2) is 0 Å². The number of thiazole rings is 1. The number of urea groups is 1. The highest BCUT2D eigenvalue weighted by molar-refractivity contribution is 7.14. The molecule has 0 atom stereocenters. The third kappa shape index (κ3) is 3.52. The average Bonchev–Trinajstić information content (AvgIpc) is 2.95. The van der Waals surface area contributed by atoms with Crippen molar-refractivity contribution in [3.63, 3.8) is 0 Å². The average molecular weight is 297 g/mol. The van der Waals surface area contributed by atoms with Gasteiger partial charge in [-0.2, -0.15) is 0 Å². The van der Waals surface area contributed by atoms with Crippen molar-refractivity contribution < 1.29 is 14.7 Å². The summed E-state index contributed by atoms with van der Waals surface area (Å²) >= 11 is 2.67. The Bertz CT molecular complexity index is 606. The summed E-state index contributed by atoms with van der Waals surface area (Å²) in [5.41, 5.74) is 0.0915. The first-order valence-corrected chi connectivity index (χ1v) is 7.03. The molecule has 2 aromatic rings. The molecule has 2 aromatic heterocycles. The molecule has 0 spiro atoms. The Morgan fingerprint density at radius 3 is 2.89 bits per heavy atom. The molecule has 19 heavy (non-hydrogen) atoms. The van der Waals surface area contributed by atoms with E-state index in [1.54, 1.807) is 11.6 Å². The lowest BCUT2D eigenvalue weighted by molar-refractivity contribution is 0.0698. The lowest BCUT2D eigenvalue weighted by Gasteiger charge is -2.05. The van der Waals surface area contributed by atoms with Crippen molar-refractivity contribution in [2.75, 3.05) is 5.32 Å². The standard InChI is InChI=1S/C11H11N3O3S2/c1-6-12-4-7(19-6)5-13-11(17)14-9-8(10(15)16)2-3-18-9/h2-4H,5H2,1H3,(H,15,16)(H2,13,14,17). The van der Waals surface area contributed by atoms with Crippen LogP contribution in [0.15, 0.2) is 17.6 Å². The van der Waals surface area contributed by atoms with E-state index in [4.69, 9.17) is 5.11 Å². The molecule has 8 heteroatoms. The molecule has 0 aliphatic rings. The summed E-state index contributed by atoms with van der Waals surface area (Å²) in [6.45, 7) is 2.25. The normalized spacial score (nSPS) is 10.2. The van der Waals surface area contributed by atoms with Gasteiger partial charge in [-0.1, -0.05) is 0 Å². The van der Waals surface area contributed by atoms with Crippen molar-refractivity contribution in [3.8, 4) is 0 Å². The van der Waals surface area contributed by atoms with Gasteiger partial charge in [-0.3, -0.25) is 5.32 Å². The predicted molar refractivity (Wildman–Crippen MR) is 74.0 cm³/mol. The van der Waals surface area contributed by atoms with Crippen LogP contribution in [0, 0.1) is 6.92 Å². The van der Waals surface area contributed by atoms with Gasteiger partial charge in [0.05, 0.1) is 17.1 Å². The van der Waals surface area contributed by atoms with Crippen molar-refractivity contribution in [1.82, 2.24) is 10.3 Å². The van der Waals surface area contributed by atoms with E-state index in [0.717, 1.165) is 9.88 Å². The minimum Gasteiger partial charge on any atom is -0.478 e. The molecule has 0 radical (unpaired) electrons. The highest BCUT2D eigenvalue weighted by Gasteiger charge is 2.13. The lowest BCUT2D eigenvalue weighted by Crippen LogP contribution is -2.28. The molecule has 6 nitrogen and oxygen atoms in total. The number of carbonyl (C=O) groups excluding carboxylic acids is 1. The fourth-order valence-electron chi connectivity index (χ4n) is 1.38. The van der Waals surface area contributed by atoms with E-state index in [0.29, 0.717) is 11.5 Å². The van der Waals surface area contributed by atoms with Gasteiger partial charge in [0, 0.05) is 11.1 Å². The predicted octanol–water partition coefficient (Wildman–Crippen LogP) is 2.53. The third-order valence-corrected chi connectivity index (χ3v) is 3.96. The van der Waals surface area contributed by atoms with E-state index in [9.17, 15) is 9.59 Å². The van der Waals surface area contributed by atoms with Crippen molar-refractivity contribution in [2.24, 2.45) is 0 Å². The first-order chi connectivity index (χ1) is 9.06. The van der Waals surface area contributed by atoms with Gasteiger partial charge in [0.25, 0.3) is 0 Å². The number of aryl methyl sites for hydroxylation is 1. The molecule has 2 rings (SSSR count). The van der Waals surface area contributed by atoms with Crippen LogP contribution >= 0.6 is 22.7 Å². The summed E-state index contributed by atoms with van der Waals surface area (Å²) in [6.07, 6.45) is 1.70. The van der Waals surface area contributed by atoms with E-state index < -0.39 is 12.0 Å². The van der Waals surface area contributed by atoms with E-state index >= 15 is 0 Å². The molecule has 0 aliphatic carbocycles. The molecule has 3 N–H and O–H groups in total. The Hall–Kier alpha value is -1.93. The Morgan fingerprint density at radius 2 is 2.26 bits per heavy atom. The first kappa shape index (κ1) is 13.5. The number of rotatable bonds is 4. The zero-order valence-electron chi connectivity index (χ0n) is 9.97. The van der Waals surface area contributed by atoms with Crippen LogP contribution in [0.25, 0.3) is 0 Å². The number of nitrogens with one attached hydrogen (secondary N) is 2. The molecule has 0 aliphatic heterocycles. The SMILES string of the molecule is Cc1ncc(CNC(=O)Nc2sccc2C(=O)O)s1. The van der Waals surface area contributed by atoms with Crippen LogP contribution < -0.4 is 10.6 Å². The maximum Gasteiger partial charge on any atom is 0.338 e. The van der Waals surface area contributed by atoms with Crippen LogP contribution in [0.1, 0.15) is 20.2 Å². The molecule has 0 fully saturated rings. The summed E-state index contributed by atoms with van der Waals surface area (Å²) in [4.78, 5) is 27.5. The van der Waals surface area contributed by atoms with Gasteiger partial charge in [-0.25, -0.2) is 14.6 Å². The van der Waals surface area contributed by atoms with Crippen LogP contribution in [0.4, 0.5) is 9.80 Å². The van der Waals surface area contributed by atoms with Crippen molar-refractivity contribution in [2.45, 2.75) is 13.5 Å². The third-order valence-electron chi connectivity index (χ3n) is 2.22. The zero-order chi connectivity index (χ0) is 13.8. The zero-order valence-corrected chi connectivity index (χ0v) is 11.6. The van der Waals surface area contributed by atoms with E-state index in [2.05, 4.69) is 15.6 Å². The number of aromatic carboxylic acids is 1. The molecule has 0 unspecified atom stereocenters. The van der Waals surface area contributed by atoms with Gasteiger partial charge in [0.1, 0.15) is 5.00 Å². The fourth-order valence-corrected chi connectivity index (χ4v) is 2.88. The summed E-state index contributed by atoms with van der Waals surface area (Å²) in [5, 5.41) is 17.0. The number of amides is 2. The van der Waals surface area contributed by atoms with Crippen LogP contribution in [0.2, 0.25) is 0 Å². The number of thiophene rings is 1. The molecule has 0 bridgehead atoms.